The number of ether oxygens (including phenoxy) is 1. The predicted molar refractivity (Wildman–Crippen MR) is 106 cm³/mol. The van der Waals surface area contributed by atoms with Gasteiger partial charge in [-0.15, -0.1) is 0 Å². The van der Waals surface area contributed by atoms with E-state index >= 15 is 0 Å². The van der Waals surface area contributed by atoms with Crippen molar-refractivity contribution in [1.82, 2.24) is 9.03 Å². The number of esters is 1. The molecule has 1 aromatic carbocycles. The van der Waals surface area contributed by atoms with Crippen LogP contribution in [0.25, 0.3) is 0 Å². The number of nitrogens with one attached hydrogen (secondary N) is 1. The maximum atomic E-state index is 13.1. The van der Waals surface area contributed by atoms with Crippen LogP contribution in [0.1, 0.15) is 44.0 Å². The number of carbonyl (C=O) groups is 1. The molecule has 0 spiro atoms. The first-order valence-electron chi connectivity index (χ1n) is 9.07. The highest BCUT2D eigenvalue weighted by atomic mass is 32.2. The minimum absolute atomic E-state index is 0.0123. The predicted octanol–water partition coefficient (Wildman–Crippen LogP) is 1.59. The first-order chi connectivity index (χ1) is 12.8. The average molecular weight is 433 g/mol. The van der Waals surface area contributed by atoms with Gasteiger partial charge in [-0.05, 0) is 51.7 Å². The lowest BCUT2D eigenvalue weighted by Gasteiger charge is -2.31. The summed E-state index contributed by atoms with van der Waals surface area (Å²) in [6.45, 7) is 5.98. The maximum Gasteiger partial charge on any atom is 0.340 e. The Morgan fingerprint density at radius 1 is 1.14 bits per heavy atom. The van der Waals surface area contributed by atoms with Crippen LogP contribution in [-0.4, -0.2) is 58.6 Å². The van der Waals surface area contributed by atoms with Crippen molar-refractivity contribution in [2.75, 3.05) is 25.9 Å². The zero-order valence-electron chi connectivity index (χ0n) is 16.6. The molecule has 0 unspecified atom stereocenters. The molecule has 0 saturated carbocycles. The minimum Gasteiger partial charge on any atom is -0.456 e. The van der Waals surface area contributed by atoms with Gasteiger partial charge in [-0.25, -0.2) is 26.4 Å². The van der Waals surface area contributed by atoms with E-state index in [-0.39, 0.29) is 29.5 Å². The molecule has 0 bridgehead atoms. The van der Waals surface area contributed by atoms with E-state index in [9.17, 15) is 21.6 Å². The van der Waals surface area contributed by atoms with Gasteiger partial charge in [0.25, 0.3) is 0 Å². The van der Waals surface area contributed by atoms with Gasteiger partial charge < -0.3 is 4.74 Å². The van der Waals surface area contributed by atoms with Crippen molar-refractivity contribution in [3.63, 3.8) is 0 Å². The Morgan fingerprint density at radius 3 is 2.25 bits per heavy atom. The SMILES string of the molecule is CC(C)(C)OC(=O)c1ccccc1S(=O)(=O)N1CCC(CNS(C)(=O)=O)CC1. The average Bonchev–Trinajstić information content (AvgIpc) is 2.58. The van der Waals surface area contributed by atoms with E-state index in [2.05, 4.69) is 4.72 Å². The molecule has 1 aromatic rings. The maximum absolute atomic E-state index is 13.1. The van der Waals surface area contributed by atoms with Gasteiger partial charge in [-0.2, -0.15) is 4.31 Å². The molecule has 1 saturated heterocycles. The van der Waals surface area contributed by atoms with Gasteiger partial charge in [0.05, 0.1) is 16.7 Å². The number of hydrogen-bond donors (Lipinski definition) is 1. The number of nitrogens with zero attached hydrogens (tertiary/aromatic N) is 1. The van der Waals surface area contributed by atoms with Crippen molar-refractivity contribution in [3.05, 3.63) is 29.8 Å². The topological polar surface area (TPSA) is 110 Å². The Hall–Kier alpha value is -1.49. The molecule has 1 aliphatic rings. The number of rotatable bonds is 6. The molecule has 0 atom stereocenters. The summed E-state index contributed by atoms with van der Waals surface area (Å²) in [4.78, 5) is 12.4. The van der Waals surface area contributed by atoms with Crippen molar-refractivity contribution in [2.24, 2.45) is 5.92 Å². The van der Waals surface area contributed by atoms with Crippen LogP contribution in [0.4, 0.5) is 0 Å². The third-order valence-electron chi connectivity index (χ3n) is 4.33. The van der Waals surface area contributed by atoms with E-state index in [4.69, 9.17) is 4.74 Å². The molecule has 10 heteroatoms. The van der Waals surface area contributed by atoms with E-state index in [1.807, 2.05) is 0 Å². The molecular formula is C18H28N2O6S2. The second kappa shape index (κ2) is 8.48. The van der Waals surface area contributed by atoms with Crippen LogP contribution in [0.3, 0.4) is 0 Å². The summed E-state index contributed by atoms with van der Waals surface area (Å²) >= 11 is 0. The van der Waals surface area contributed by atoms with Gasteiger partial charge in [-0.3, -0.25) is 0 Å². The normalized spacial score (nSPS) is 17.4. The molecule has 1 aliphatic heterocycles. The smallest absolute Gasteiger partial charge is 0.340 e. The van der Waals surface area contributed by atoms with Crippen LogP contribution in [0.2, 0.25) is 0 Å². The Balaban J connectivity index is 2.15. The van der Waals surface area contributed by atoms with Gasteiger partial charge in [0.1, 0.15) is 5.60 Å². The monoisotopic (exact) mass is 432 g/mol. The van der Waals surface area contributed by atoms with Crippen molar-refractivity contribution in [2.45, 2.75) is 44.1 Å². The molecule has 1 fully saturated rings. The lowest BCUT2D eigenvalue weighted by atomic mass is 9.99. The highest BCUT2D eigenvalue weighted by Gasteiger charge is 2.33. The van der Waals surface area contributed by atoms with Crippen LogP contribution in [0.5, 0.6) is 0 Å². The molecule has 1 heterocycles. The highest BCUT2D eigenvalue weighted by Crippen LogP contribution is 2.27. The minimum atomic E-state index is -3.87. The van der Waals surface area contributed by atoms with Gasteiger partial charge >= 0.3 is 5.97 Å². The quantitative estimate of drug-likeness (QED) is 0.684. The van der Waals surface area contributed by atoms with E-state index in [0.29, 0.717) is 19.4 Å². The van der Waals surface area contributed by atoms with Crippen LogP contribution < -0.4 is 4.72 Å². The second-order valence-electron chi connectivity index (χ2n) is 7.97. The molecule has 1 N–H and O–H groups in total. The summed E-state index contributed by atoms with van der Waals surface area (Å²) in [6, 6.07) is 6.03. The summed E-state index contributed by atoms with van der Waals surface area (Å²) in [5.74, 6) is -0.610. The van der Waals surface area contributed by atoms with Crippen molar-refractivity contribution in [1.29, 1.82) is 0 Å². The zero-order chi connectivity index (χ0) is 21.2. The van der Waals surface area contributed by atoms with Crippen molar-refractivity contribution < 1.29 is 26.4 Å². The lowest BCUT2D eigenvalue weighted by Crippen LogP contribution is -2.41. The summed E-state index contributed by atoms with van der Waals surface area (Å²) in [6.07, 6.45) is 2.17. The third-order valence-corrected chi connectivity index (χ3v) is 6.98. The van der Waals surface area contributed by atoms with E-state index in [0.717, 1.165) is 6.26 Å². The molecule has 0 aromatic heterocycles. The summed E-state index contributed by atoms with van der Waals surface area (Å²) < 4.78 is 57.8. The number of piperidine rings is 1. The van der Waals surface area contributed by atoms with E-state index in [1.54, 1.807) is 32.9 Å². The molecule has 8 nitrogen and oxygen atoms in total. The molecule has 0 radical (unpaired) electrons. The fourth-order valence-electron chi connectivity index (χ4n) is 2.96. The number of carbonyl (C=O) groups excluding carboxylic acids is 1. The number of benzene rings is 1. The Morgan fingerprint density at radius 2 is 1.71 bits per heavy atom. The molecule has 2 rings (SSSR count). The van der Waals surface area contributed by atoms with Crippen molar-refractivity contribution >= 4 is 26.0 Å². The van der Waals surface area contributed by atoms with Gasteiger partial charge in [0.15, 0.2) is 0 Å². The Bertz CT molecular complexity index is 912. The summed E-state index contributed by atoms with van der Waals surface area (Å²) in [5.41, 5.74) is -0.725. The van der Waals surface area contributed by atoms with E-state index < -0.39 is 31.6 Å². The Labute approximate surface area is 167 Å². The number of hydrogen-bond acceptors (Lipinski definition) is 6. The molecular weight excluding hydrogens is 404 g/mol. The van der Waals surface area contributed by atoms with Crippen LogP contribution >= 0.6 is 0 Å². The second-order valence-corrected chi connectivity index (χ2v) is 11.7. The molecule has 0 amide bonds. The molecule has 158 valence electrons. The standard InChI is InChI=1S/C18H28N2O6S2/c1-18(2,3)26-17(21)15-7-5-6-8-16(15)28(24,25)20-11-9-14(10-12-20)13-19-27(4,22)23/h5-8,14,19H,9-13H2,1-4H3. The molecule has 28 heavy (non-hydrogen) atoms. The zero-order valence-corrected chi connectivity index (χ0v) is 18.3. The summed E-state index contributed by atoms with van der Waals surface area (Å²) in [7, 11) is -7.14. The Kier molecular flexibility index (Phi) is 6.90. The fourth-order valence-corrected chi connectivity index (χ4v) is 5.14. The lowest BCUT2D eigenvalue weighted by molar-refractivity contribution is 0.00648. The summed E-state index contributed by atoms with van der Waals surface area (Å²) in [5, 5.41) is 0. The number of sulfonamides is 2. The van der Waals surface area contributed by atoms with Gasteiger partial charge in [0.2, 0.25) is 20.0 Å². The molecule has 0 aliphatic carbocycles. The highest BCUT2D eigenvalue weighted by molar-refractivity contribution is 7.89. The van der Waals surface area contributed by atoms with Gasteiger partial charge in [0, 0.05) is 19.6 Å². The van der Waals surface area contributed by atoms with E-state index in [1.165, 1.54) is 16.4 Å². The van der Waals surface area contributed by atoms with Crippen LogP contribution in [-0.2, 0) is 24.8 Å². The van der Waals surface area contributed by atoms with Crippen LogP contribution in [0, 0.1) is 5.92 Å². The fraction of sp³-hybridized carbons (Fsp3) is 0.611. The first kappa shape index (κ1) is 22.8. The van der Waals surface area contributed by atoms with Gasteiger partial charge in [-0.1, -0.05) is 12.1 Å². The largest absolute Gasteiger partial charge is 0.456 e. The third kappa shape index (κ3) is 6.26. The van der Waals surface area contributed by atoms with Crippen molar-refractivity contribution in [3.8, 4) is 0 Å². The van der Waals surface area contributed by atoms with Crippen LogP contribution in [0.15, 0.2) is 29.2 Å². The first-order valence-corrected chi connectivity index (χ1v) is 12.4.